The van der Waals surface area contributed by atoms with E-state index in [2.05, 4.69) is 24.8 Å². The number of aliphatic hydroxyl groups excluding tert-OH is 1. The van der Waals surface area contributed by atoms with Crippen LogP contribution in [-0.4, -0.2) is 83.5 Å². The standard InChI is InChI=1S/C19H27N7O2/c1-28-18-12-17(22-19(20)23-18)26-7-5-14(15(27)13-26)24-8-10-25(11-9-24)16-4-2-3-6-21-16/h2-4,6,12,14-15,27H,5,7-11,13H2,1H3,(H2,20,22,23)/t14-,15-/m1/s1. The third kappa shape index (κ3) is 3.95. The van der Waals surface area contributed by atoms with Crippen LogP contribution in [0.3, 0.4) is 0 Å². The molecule has 0 radical (unpaired) electrons. The van der Waals surface area contributed by atoms with Crippen LogP contribution in [0.5, 0.6) is 5.88 Å². The molecule has 4 heterocycles. The van der Waals surface area contributed by atoms with Crippen LogP contribution in [0.4, 0.5) is 17.6 Å². The molecule has 9 heteroatoms. The molecule has 0 saturated carbocycles. The van der Waals surface area contributed by atoms with Crippen LogP contribution in [0.15, 0.2) is 30.5 Å². The average molecular weight is 385 g/mol. The van der Waals surface area contributed by atoms with Crippen LogP contribution < -0.4 is 20.3 Å². The molecule has 0 bridgehead atoms. The molecular weight excluding hydrogens is 358 g/mol. The molecule has 0 aliphatic carbocycles. The number of piperidine rings is 1. The van der Waals surface area contributed by atoms with Crippen molar-refractivity contribution in [2.75, 3.05) is 61.9 Å². The molecule has 2 atom stereocenters. The number of aliphatic hydroxyl groups is 1. The maximum absolute atomic E-state index is 10.8. The highest BCUT2D eigenvalue weighted by Gasteiger charge is 2.34. The zero-order valence-corrected chi connectivity index (χ0v) is 16.1. The van der Waals surface area contributed by atoms with E-state index in [4.69, 9.17) is 10.5 Å². The van der Waals surface area contributed by atoms with Crippen molar-refractivity contribution in [2.24, 2.45) is 0 Å². The summed E-state index contributed by atoms with van der Waals surface area (Å²) in [6.07, 6.45) is 2.25. The Balaban J connectivity index is 1.36. The summed E-state index contributed by atoms with van der Waals surface area (Å²) in [4.78, 5) is 19.5. The minimum absolute atomic E-state index is 0.156. The summed E-state index contributed by atoms with van der Waals surface area (Å²) in [7, 11) is 1.55. The highest BCUT2D eigenvalue weighted by molar-refractivity contribution is 5.46. The van der Waals surface area contributed by atoms with Gasteiger partial charge >= 0.3 is 0 Å². The van der Waals surface area contributed by atoms with Gasteiger partial charge in [0.15, 0.2) is 0 Å². The number of β-amino-alcohol motifs (C(OH)–C–C–N with tert-alkyl or cyclic N) is 1. The summed E-state index contributed by atoms with van der Waals surface area (Å²) in [5.74, 6) is 2.33. The Bertz CT molecular complexity index is 783. The van der Waals surface area contributed by atoms with Gasteiger partial charge in [0.2, 0.25) is 11.8 Å². The van der Waals surface area contributed by atoms with Gasteiger partial charge in [0, 0.05) is 57.6 Å². The van der Waals surface area contributed by atoms with Gasteiger partial charge < -0.3 is 25.4 Å². The molecule has 0 spiro atoms. The Morgan fingerprint density at radius 3 is 2.57 bits per heavy atom. The van der Waals surface area contributed by atoms with Crippen LogP contribution in [0.1, 0.15) is 6.42 Å². The van der Waals surface area contributed by atoms with Crippen molar-refractivity contribution >= 4 is 17.6 Å². The first-order chi connectivity index (χ1) is 13.6. The number of nitrogens with two attached hydrogens (primary N) is 1. The average Bonchev–Trinajstić information content (AvgIpc) is 2.74. The van der Waals surface area contributed by atoms with Gasteiger partial charge in [-0.2, -0.15) is 9.97 Å². The first-order valence-electron chi connectivity index (χ1n) is 9.65. The number of ether oxygens (including phenoxy) is 1. The zero-order valence-electron chi connectivity index (χ0n) is 16.1. The number of anilines is 3. The van der Waals surface area contributed by atoms with Crippen LogP contribution in [0, 0.1) is 0 Å². The molecule has 2 fully saturated rings. The molecule has 2 aromatic rings. The fourth-order valence-corrected chi connectivity index (χ4v) is 4.07. The molecule has 28 heavy (non-hydrogen) atoms. The van der Waals surface area contributed by atoms with Crippen molar-refractivity contribution in [3.8, 4) is 5.88 Å². The third-order valence-corrected chi connectivity index (χ3v) is 5.54. The van der Waals surface area contributed by atoms with E-state index in [0.29, 0.717) is 18.2 Å². The summed E-state index contributed by atoms with van der Waals surface area (Å²) < 4.78 is 5.18. The van der Waals surface area contributed by atoms with Crippen LogP contribution >= 0.6 is 0 Å². The van der Waals surface area contributed by atoms with Gasteiger partial charge in [-0.3, -0.25) is 4.90 Å². The molecule has 2 saturated heterocycles. The second-order valence-electron chi connectivity index (χ2n) is 7.21. The summed E-state index contributed by atoms with van der Waals surface area (Å²) in [5, 5.41) is 10.8. The smallest absolute Gasteiger partial charge is 0.225 e. The van der Waals surface area contributed by atoms with Gasteiger partial charge in [0.25, 0.3) is 0 Å². The highest BCUT2D eigenvalue weighted by atomic mass is 16.5. The van der Waals surface area contributed by atoms with E-state index < -0.39 is 6.10 Å². The van der Waals surface area contributed by atoms with Gasteiger partial charge in [-0.1, -0.05) is 6.07 Å². The van der Waals surface area contributed by atoms with Gasteiger partial charge in [0.1, 0.15) is 11.6 Å². The van der Waals surface area contributed by atoms with E-state index >= 15 is 0 Å². The second-order valence-corrected chi connectivity index (χ2v) is 7.21. The van der Waals surface area contributed by atoms with Crippen LogP contribution in [0.25, 0.3) is 0 Å². The van der Waals surface area contributed by atoms with Crippen molar-refractivity contribution in [1.82, 2.24) is 19.9 Å². The molecule has 4 rings (SSSR count). The largest absolute Gasteiger partial charge is 0.481 e. The monoisotopic (exact) mass is 385 g/mol. The number of methoxy groups -OCH3 is 1. The molecule has 2 aromatic heterocycles. The summed E-state index contributed by atoms with van der Waals surface area (Å²) >= 11 is 0. The van der Waals surface area contributed by atoms with Crippen molar-refractivity contribution in [3.05, 3.63) is 30.5 Å². The molecule has 3 N–H and O–H groups in total. The van der Waals surface area contributed by atoms with Crippen molar-refractivity contribution < 1.29 is 9.84 Å². The summed E-state index contributed by atoms with van der Waals surface area (Å²) in [6.45, 7) is 5.01. The molecule has 9 nitrogen and oxygen atoms in total. The van der Waals surface area contributed by atoms with E-state index in [-0.39, 0.29) is 12.0 Å². The molecule has 2 aliphatic heterocycles. The Kier molecular flexibility index (Phi) is 5.45. The van der Waals surface area contributed by atoms with Crippen molar-refractivity contribution in [2.45, 2.75) is 18.6 Å². The normalized spacial score (nSPS) is 23.6. The Hall–Kier alpha value is -2.65. The minimum atomic E-state index is -0.447. The van der Waals surface area contributed by atoms with E-state index in [1.807, 2.05) is 29.3 Å². The number of nitrogens with zero attached hydrogens (tertiary/aromatic N) is 6. The molecule has 0 unspecified atom stereocenters. The molecule has 0 amide bonds. The number of aromatic nitrogens is 3. The first-order valence-corrected chi connectivity index (χ1v) is 9.65. The lowest BCUT2D eigenvalue weighted by Gasteiger charge is -2.45. The van der Waals surface area contributed by atoms with Gasteiger partial charge in [-0.05, 0) is 18.6 Å². The quantitative estimate of drug-likeness (QED) is 0.765. The lowest BCUT2D eigenvalue weighted by Crippen LogP contribution is -2.59. The zero-order chi connectivity index (χ0) is 19.5. The predicted octanol–water partition coefficient (Wildman–Crippen LogP) is 0.224. The van der Waals surface area contributed by atoms with E-state index in [1.54, 1.807) is 13.2 Å². The Morgan fingerprint density at radius 2 is 1.89 bits per heavy atom. The second kappa shape index (κ2) is 8.15. The highest BCUT2D eigenvalue weighted by Crippen LogP contribution is 2.25. The minimum Gasteiger partial charge on any atom is -0.481 e. The Labute approximate surface area is 164 Å². The number of hydrogen-bond acceptors (Lipinski definition) is 9. The summed E-state index contributed by atoms with van der Waals surface area (Å²) in [6, 6.07) is 7.91. The van der Waals surface area contributed by atoms with E-state index in [9.17, 15) is 5.11 Å². The number of nitrogen functional groups attached to an aromatic ring is 1. The SMILES string of the molecule is COc1cc(N2CC[C@@H](N3CCN(c4ccccn4)CC3)[C@H](O)C2)nc(N)n1. The fraction of sp³-hybridized carbons (Fsp3) is 0.526. The van der Waals surface area contributed by atoms with Gasteiger partial charge in [-0.15, -0.1) is 0 Å². The van der Waals surface area contributed by atoms with Gasteiger partial charge in [0.05, 0.1) is 13.2 Å². The maximum atomic E-state index is 10.8. The van der Waals surface area contributed by atoms with Crippen LogP contribution in [0.2, 0.25) is 0 Å². The fourth-order valence-electron chi connectivity index (χ4n) is 4.07. The number of piperazine rings is 1. The third-order valence-electron chi connectivity index (χ3n) is 5.54. The topological polar surface area (TPSA) is 104 Å². The van der Waals surface area contributed by atoms with Crippen molar-refractivity contribution in [1.29, 1.82) is 0 Å². The number of rotatable bonds is 4. The number of hydrogen-bond donors (Lipinski definition) is 2. The maximum Gasteiger partial charge on any atom is 0.225 e. The van der Waals surface area contributed by atoms with Crippen molar-refractivity contribution in [3.63, 3.8) is 0 Å². The number of pyridine rings is 1. The lowest BCUT2D eigenvalue weighted by atomic mass is 9.99. The molecule has 150 valence electrons. The lowest BCUT2D eigenvalue weighted by molar-refractivity contribution is 0.0336. The van der Waals surface area contributed by atoms with E-state index in [0.717, 1.165) is 45.0 Å². The van der Waals surface area contributed by atoms with E-state index in [1.165, 1.54) is 0 Å². The summed E-state index contributed by atoms with van der Waals surface area (Å²) in [5.41, 5.74) is 5.77. The van der Waals surface area contributed by atoms with Crippen LogP contribution in [-0.2, 0) is 0 Å². The Morgan fingerprint density at radius 1 is 1.07 bits per heavy atom. The predicted molar refractivity (Wildman–Crippen MR) is 108 cm³/mol. The molecular formula is C19H27N7O2. The molecule has 2 aliphatic rings. The molecule has 0 aromatic carbocycles. The first kappa shape index (κ1) is 18.7. The van der Waals surface area contributed by atoms with Gasteiger partial charge in [-0.25, -0.2) is 4.98 Å².